The fraction of sp³-hybridized carbons (Fsp3) is 0.583. The molecule has 0 radical (unpaired) electrons. The summed E-state index contributed by atoms with van der Waals surface area (Å²) in [4.78, 5) is 18.4. The number of piperidine rings is 1. The van der Waals surface area contributed by atoms with Crippen LogP contribution in [0.1, 0.15) is 46.1 Å². The second-order valence-electron chi connectivity index (χ2n) is 9.56. The molecule has 0 amide bonds. The van der Waals surface area contributed by atoms with E-state index in [0.717, 1.165) is 66.6 Å². The number of nitrogens with zero attached hydrogens (tertiary/aromatic N) is 7. The summed E-state index contributed by atoms with van der Waals surface area (Å²) in [6.45, 7) is 9.82. The van der Waals surface area contributed by atoms with Crippen molar-refractivity contribution in [3.05, 3.63) is 24.5 Å². The quantitative estimate of drug-likeness (QED) is 0.543. The smallest absolute Gasteiger partial charge is 0.227 e. The predicted molar refractivity (Wildman–Crippen MR) is 139 cm³/mol. The summed E-state index contributed by atoms with van der Waals surface area (Å²) in [5.74, 6) is 5.43. The van der Waals surface area contributed by atoms with E-state index in [1.807, 2.05) is 30.9 Å². The molecule has 0 saturated carbocycles. The number of anilines is 4. The van der Waals surface area contributed by atoms with E-state index in [1.54, 1.807) is 6.20 Å². The minimum Gasteiger partial charge on any atom is -0.390 e. The van der Waals surface area contributed by atoms with Crippen molar-refractivity contribution in [2.75, 3.05) is 52.8 Å². The van der Waals surface area contributed by atoms with Crippen LogP contribution in [0.2, 0.25) is 0 Å². The van der Waals surface area contributed by atoms with Gasteiger partial charge in [0.1, 0.15) is 11.6 Å². The summed E-state index contributed by atoms with van der Waals surface area (Å²) in [7, 11) is 0. The predicted octanol–water partition coefficient (Wildman–Crippen LogP) is 3.84. The van der Waals surface area contributed by atoms with E-state index in [-0.39, 0.29) is 0 Å². The summed E-state index contributed by atoms with van der Waals surface area (Å²) in [5.41, 5.74) is 0.489. The SMILES string of the molecule is CCC(C)n1nc(N2CCSCC2)c2cnc(Nc3ccnc(N4CCC(C)(O)CC4)n3)cc21. The number of aliphatic hydroxyl groups is 1. The Kier molecular flexibility index (Phi) is 6.52. The van der Waals surface area contributed by atoms with Crippen molar-refractivity contribution in [3.63, 3.8) is 0 Å². The molecule has 0 aromatic carbocycles. The van der Waals surface area contributed by atoms with Crippen LogP contribution in [0.15, 0.2) is 24.5 Å². The molecule has 9 nitrogen and oxygen atoms in total. The Bertz CT molecular complexity index is 1130. The van der Waals surface area contributed by atoms with E-state index in [2.05, 4.69) is 44.7 Å². The molecule has 5 rings (SSSR count). The van der Waals surface area contributed by atoms with Gasteiger partial charge >= 0.3 is 0 Å². The highest BCUT2D eigenvalue weighted by Crippen LogP contribution is 2.32. The first-order valence-corrected chi connectivity index (χ1v) is 13.4. The van der Waals surface area contributed by atoms with Gasteiger partial charge in [-0.1, -0.05) is 6.92 Å². The molecule has 3 aromatic heterocycles. The largest absolute Gasteiger partial charge is 0.390 e. The molecular formula is C24H34N8OS. The van der Waals surface area contributed by atoms with Gasteiger partial charge in [-0.05, 0) is 39.2 Å². The maximum absolute atomic E-state index is 10.2. The third kappa shape index (κ3) is 4.79. The van der Waals surface area contributed by atoms with Crippen molar-refractivity contribution in [1.29, 1.82) is 0 Å². The third-order valence-corrected chi connectivity index (χ3v) is 7.86. The van der Waals surface area contributed by atoms with Crippen molar-refractivity contribution in [3.8, 4) is 0 Å². The van der Waals surface area contributed by atoms with Crippen LogP contribution >= 0.6 is 11.8 Å². The van der Waals surface area contributed by atoms with Crippen LogP contribution in [0.5, 0.6) is 0 Å². The fourth-order valence-corrected chi connectivity index (χ4v) is 5.40. The Balaban J connectivity index is 1.41. The lowest BCUT2D eigenvalue weighted by molar-refractivity contribution is 0.0349. The van der Waals surface area contributed by atoms with Gasteiger partial charge in [0.25, 0.3) is 0 Å². The van der Waals surface area contributed by atoms with E-state index in [0.29, 0.717) is 30.6 Å². The molecular weight excluding hydrogens is 448 g/mol. The minimum absolute atomic E-state index is 0.299. The molecule has 2 N–H and O–H groups in total. The maximum Gasteiger partial charge on any atom is 0.227 e. The second-order valence-corrected chi connectivity index (χ2v) is 10.8. The highest BCUT2D eigenvalue weighted by Gasteiger charge is 2.28. The summed E-state index contributed by atoms with van der Waals surface area (Å²) < 4.78 is 2.14. The van der Waals surface area contributed by atoms with Gasteiger partial charge in [0.2, 0.25) is 5.95 Å². The maximum atomic E-state index is 10.2. The van der Waals surface area contributed by atoms with Crippen molar-refractivity contribution in [1.82, 2.24) is 24.7 Å². The van der Waals surface area contributed by atoms with Crippen molar-refractivity contribution < 1.29 is 5.11 Å². The van der Waals surface area contributed by atoms with Gasteiger partial charge in [-0.2, -0.15) is 21.8 Å². The summed E-state index contributed by atoms with van der Waals surface area (Å²) >= 11 is 2.00. The lowest BCUT2D eigenvalue weighted by atomic mass is 9.94. The molecule has 0 aliphatic carbocycles. The molecule has 2 saturated heterocycles. The van der Waals surface area contributed by atoms with Crippen molar-refractivity contribution in [2.45, 2.75) is 51.7 Å². The Hall–Kier alpha value is -2.59. The molecule has 1 unspecified atom stereocenters. The van der Waals surface area contributed by atoms with Crippen LogP contribution in [0.3, 0.4) is 0 Å². The number of rotatable bonds is 6. The summed E-state index contributed by atoms with van der Waals surface area (Å²) in [6, 6.07) is 4.24. The van der Waals surface area contributed by atoms with Crippen LogP contribution < -0.4 is 15.1 Å². The van der Waals surface area contributed by atoms with Crippen LogP contribution in [0.25, 0.3) is 10.9 Å². The molecule has 0 spiro atoms. The first-order chi connectivity index (χ1) is 16.4. The van der Waals surface area contributed by atoms with E-state index >= 15 is 0 Å². The highest BCUT2D eigenvalue weighted by atomic mass is 32.2. The van der Waals surface area contributed by atoms with Crippen LogP contribution in [-0.4, -0.2) is 73.1 Å². The van der Waals surface area contributed by atoms with E-state index in [4.69, 9.17) is 15.1 Å². The van der Waals surface area contributed by atoms with Gasteiger partial charge in [-0.25, -0.2) is 9.97 Å². The minimum atomic E-state index is -0.601. The lowest BCUT2D eigenvalue weighted by Gasteiger charge is -2.35. The fourth-order valence-electron chi connectivity index (χ4n) is 4.49. The number of fused-ring (bicyclic) bond motifs is 1. The van der Waals surface area contributed by atoms with Gasteiger partial charge in [-0.15, -0.1) is 0 Å². The molecule has 10 heteroatoms. The normalized spacial score (nSPS) is 19.4. The van der Waals surface area contributed by atoms with Crippen molar-refractivity contribution >= 4 is 46.1 Å². The number of thioether (sulfide) groups is 1. The summed E-state index contributed by atoms with van der Waals surface area (Å²) in [5, 5.41) is 19.7. The highest BCUT2D eigenvalue weighted by molar-refractivity contribution is 7.99. The van der Waals surface area contributed by atoms with Crippen molar-refractivity contribution in [2.24, 2.45) is 0 Å². The molecule has 2 fully saturated rings. The number of nitrogens with one attached hydrogen (secondary N) is 1. The van der Waals surface area contributed by atoms with Gasteiger partial charge < -0.3 is 20.2 Å². The number of pyridine rings is 1. The third-order valence-electron chi connectivity index (χ3n) is 6.91. The zero-order valence-electron chi connectivity index (χ0n) is 20.2. The average Bonchev–Trinajstić information content (AvgIpc) is 3.23. The number of aromatic nitrogens is 5. The molecule has 2 aliphatic rings. The Morgan fingerprint density at radius 2 is 1.88 bits per heavy atom. The number of hydrogen-bond donors (Lipinski definition) is 2. The molecule has 182 valence electrons. The molecule has 5 heterocycles. The average molecular weight is 483 g/mol. The van der Waals surface area contributed by atoms with Crippen LogP contribution in [0.4, 0.5) is 23.4 Å². The molecule has 34 heavy (non-hydrogen) atoms. The van der Waals surface area contributed by atoms with Crippen LogP contribution in [-0.2, 0) is 0 Å². The first kappa shape index (κ1) is 23.2. The van der Waals surface area contributed by atoms with E-state index in [9.17, 15) is 5.11 Å². The topological polar surface area (TPSA) is 95.2 Å². The summed E-state index contributed by atoms with van der Waals surface area (Å²) in [6.07, 6.45) is 6.14. The molecule has 2 aliphatic heterocycles. The number of hydrogen-bond acceptors (Lipinski definition) is 9. The van der Waals surface area contributed by atoms with Gasteiger partial charge in [0.05, 0.1) is 16.5 Å². The van der Waals surface area contributed by atoms with E-state index in [1.165, 1.54) is 0 Å². The Labute approximate surface area is 205 Å². The molecule has 1 atom stereocenters. The van der Waals surface area contributed by atoms with Gasteiger partial charge in [0, 0.05) is 62.2 Å². The van der Waals surface area contributed by atoms with Crippen LogP contribution in [0, 0.1) is 0 Å². The van der Waals surface area contributed by atoms with E-state index < -0.39 is 5.60 Å². The van der Waals surface area contributed by atoms with Gasteiger partial charge in [-0.3, -0.25) is 4.68 Å². The lowest BCUT2D eigenvalue weighted by Crippen LogP contribution is -2.43. The zero-order chi connectivity index (χ0) is 23.7. The monoisotopic (exact) mass is 482 g/mol. The second kappa shape index (κ2) is 9.58. The first-order valence-electron chi connectivity index (χ1n) is 12.2. The standard InChI is InChI=1S/C24H34N8OS/c1-4-17(2)32-19-15-21(26-16-18(19)22(29-32)30-11-13-34-14-12-30)27-20-5-8-25-23(28-20)31-9-6-24(3,33)7-10-31/h5,8,15-17,33H,4,6-7,9-14H2,1-3H3,(H,25,26,27,28). The Morgan fingerprint density at radius 3 is 2.62 bits per heavy atom. The Morgan fingerprint density at radius 1 is 1.12 bits per heavy atom. The molecule has 0 bridgehead atoms. The molecule has 3 aromatic rings. The van der Waals surface area contributed by atoms with Gasteiger partial charge in [0.15, 0.2) is 5.82 Å². The zero-order valence-corrected chi connectivity index (χ0v) is 21.1.